The average Bonchev–Trinajstić information content (AvgIpc) is 3.50. The Hall–Kier alpha value is -3.68. The van der Waals surface area contributed by atoms with E-state index in [1.807, 2.05) is 30.3 Å². The molecule has 3 aliphatic heterocycles. The van der Waals surface area contributed by atoms with Crippen molar-refractivity contribution >= 4 is 55.4 Å². The third kappa shape index (κ3) is 1.68. The summed E-state index contributed by atoms with van der Waals surface area (Å²) in [6.45, 7) is 0.0307. The highest BCUT2D eigenvalue weighted by molar-refractivity contribution is 6.40. The number of para-hydroxylation sites is 2. The third-order valence-electron chi connectivity index (χ3n) is 7.49. The Kier molecular flexibility index (Phi) is 2.85. The first-order chi connectivity index (χ1) is 15.7. The summed E-state index contributed by atoms with van der Waals surface area (Å²) in [6, 6.07) is 16.2. The number of fused-ring (bicyclic) bond motifs is 13. The number of nitrogens with one attached hydrogen (secondary N) is 2. The Morgan fingerprint density at radius 3 is 2.31 bits per heavy atom. The van der Waals surface area contributed by atoms with Crippen molar-refractivity contribution in [3.05, 3.63) is 59.7 Å². The monoisotopic (exact) mass is 422 g/mol. The molecule has 5 heterocycles. The number of ether oxygens (including phenoxy) is 1. The van der Waals surface area contributed by atoms with Gasteiger partial charge in [-0.15, -0.1) is 0 Å². The molecule has 2 aromatic heterocycles. The van der Waals surface area contributed by atoms with Gasteiger partial charge in [0, 0.05) is 39.4 Å². The Labute approximate surface area is 181 Å². The molecule has 3 atom stereocenters. The SMILES string of the molecule is N=C1NC(=O)c2c1c1c3ccccc3n3c1c1c2c2ccccc2n1C1OC3CC1CO. The number of carbonyl (C=O) groups excluding carboxylic acids is 1. The van der Waals surface area contributed by atoms with E-state index in [0.29, 0.717) is 17.5 Å². The van der Waals surface area contributed by atoms with Gasteiger partial charge in [-0.25, -0.2) is 0 Å². The van der Waals surface area contributed by atoms with Gasteiger partial charge in [-0.2, -0.15) is 0 Å². The molecule has 1 amide bonds. The van der Waals surface area contributed by atoms with Crippen LogP contribution in [-0.2, 0) is 4.74 Å². The molecule has 156 valence electrons. The molecule has 3 aromatic carbocycles. The summed E-state index contributed by atoms with van der Waals surface area (Å²) in [4.78, 5) is 13.2. The van der Waals surface area contributed by atoms with Gasteiger partial charge in [0.2, 0.25) is 0 Å². The van der Waals surface area contributed by atoms with Gasteiger partial charge in [-0.3, -0.25) is 10.2 Å². The predicted molar refractivity (Wildman–Crippen MR) is 121 cm³/mol. The zero-order valence-corrected chi connectivity index (χ0v) is 16.9. The lowest BCUT2D eigenvalue weighted by molar-refractivity contribution is -0.0385. The first-order valence-electron chi connectivity index (χ1n) is 10.9. The van der Waals surface area contributed by atoms with E-state index in [1.54, 1.807) is 0 Å². The summed E-state index contributed by atoms with van der Waals surface area (Å²) in [5, 5.41) is 25.4. The molecule has 7 heteroatoms. The number of hydrogen-bond donors (Lipinski definition) is 3. The summed E-state index contributed by atoms with van der Waals surface area (Å²) in [7, 11) is 0. The summed E-state index contributed by atoms with van der Waals surface area (Å²) in [5.74, 6) is -0.139. The number of rotatable bonds is 1. The molecule has 7 nitrogen and oxygen atoms in total. The number of carbonyl (C=O) groups is 1. The zero-order chi connectivity index (χ0) is 21.3. The number of amidine groups is 1. The molecule has 3 N–H and O–H groups in total. The maximum absolute atomic E-state index is 13.2. The molecule has 32 heavy (non-hydrogen) atoms. The van der Waals surface area contributed by atoms with Crippen LogP contribution in [0.5, 0.6) is 0 Å². The number of amides is 1. The van der Waals surface area contributed by atoms with Gasteiger partial charge in [0.15, 0.2) is 0 Å². The number of aliphatic hydroxyl groups is 1. The fourth-order valence-corrected chi connectivity index (χ4v) is 6.33. The molecular formula is C25H18N4O3. The second kappa shape index (κ2) is 5.38. The van der Waals surface area contributed by atoms with Crippen LogP contribution in [0.25, 0.3) is 43.6 Å². The van der Waals surface area contributed by atoms with Crippen LogP contribution in [-0.4, -0.2) is 32.6 Å². The minimum absolute atomic E-state index is 0.0307. The van der Waals surface area contributed by atoms with Crippen molar-refractivity contribution in [2.75, 3.05) is 6.61 Å². The highest BCUT2D eigenvalue weighted by Gasteiger charge is 2.45. The number of nitrogens with zero attached hydrogens (tertiary/aromatic N) is 2. The van der Waals surface area contributed by atoms with E-state index in [-0.39, 0.29) is 36.7 Å². The molecule has 5 aromatic rings. The number of benzene rings is 3. The van der Waals surface area contributed by atoms with Crippen molar-refractivity contribution < 1.29 is 14.6 Å². The Morgan fingerprint density at radius 2 is 1.59 bits per heavy atom. The van der Waals surface area contributed by atoms with Crippen LogP contribution in [0.4, 0.5) is 0 Å². The van der Waals surface area contributed by atoms with Gasteiger partial charge in [0.1, 0.15) is 18.3 Å². The molecular weight excluding hydrogens is 404 g/mol. The van der Waals surface area contributed by atoms with Crippen molar-refractivity contribution in [2.24, 2.45) is 5.92 Å². The predicted octanol–water partition coefficient (Wildman–Crippen LogP) is 4.01. The van der Waals surface area contributed by atoms with Gasteiger partial charge in [0.05, 0.1) is 34.2 Å². The first-order valence-corrected chi connectivity index (χ1v) is 10.9. The largest absolute Gasteiger partial charge is 0.396 e. The summed E-state index contributed by atoms with van der Waals surface area (Å²) in [5.41, 5.74) is 5.19. The second-order valence-corrected chi connectivity index (χ2v) is 8.96. The van der Waals surface area contributed by atoms with Crippen LogP contribution in [0, 0.1) is 11.3 Å². The minimum atomic E-state index is -0.323. The lowest BCUT2D eigenvalue weighted by Crippen LogP contribution is -2.20. The summed E-state index contributed by atoms with van der Waals surface area (Å²) in [6.07, 6.45) is 0.156. The third-order valence-corrected chi connectivity index (χ3v) is 7.49. The van der Waals surface area contributed by atoms with Crippen molar-refractivity contribution in [3.8, 4) is 0 Å². The molecule has 2 bridgehead atoms. The van der Waals surface area contributed by atoms with E-state index in [2.05, 4.69) is 32.7 Å². The van der Waals surface area contributed by atoms with Crippen LogP contribution >= 0.6 is 0 Å². The quantitative estimate of drug-likeness (QED) is 0.381. The highest BCUT2D eigenvalue weighted by atomic mass is 16.5. The Bertz CT molecular complexity index is 1710. The van der Waals surface area contributed by atoms with Crippen molar-refractivity contribution in [2.45, 2.75) is 18.9 Å². The lowest BCUT2D eigenvalue weighted by Gasteiger charge is -2.20. The average molecular weight is 422 g/mol. The number of hydrogen-bond acceptors (Lipinski definition) is 4. The molecule has 0 radical (unpaired) electrons. The highest BCUT2D eigenvalue weighted by Crippen LogP contribution is 2.53. The Balaban J connectivity index is 1.78. The molecule has 1 saturated heterocycles. The van der Waals surface area contributed by atoms with Gasteiger partial charge >= 0.3 is 0 Å². The van der Waals surface area contributed by atoms with Gasteiger partial charge in [-0.05, 0) is 12.1 Å². The van der Waals surface area contributed by atoms with Crippen LogP contribution < -0.4 is 5.32 Å². The fourth-order valence-electron chi connectivity index (χ4n) is 6.33. The van der Waals surface area contributed by atoms with Crippen LogP contribution in [0.2, 0.25) is 0 Å². The van der Waals surface area contributed by atoms with Gasteiger partial charge in [-0.1, -0.05) is 36.4 Å². The van der Waals surface area contributed by atoms with Crippen LogP contribution in [0.3, 0.4) is 0 Å². The van der Waals surface area contributed by atoms with E-state index in [1.165, 1.54) is 0 Å². The number of aromatic nitrogens is 2. The molecule has 1 fully saturated rings. The van der Waals surface area contributed by atoms with Crippen LogP contribution in [0.15, 0.2) is 48.5 Å². The Morgan fingerprint density at radius 1 is 0.969 bits per heavy atom. The standard InChI is InChI=1S/C25H18N4O3/c26-23-19-17-12-5-1-3-7-14(12)28-16-9-11(10-30)25(32-16)29-15-8-4-2-6-13(15)18(22(29)21(17)28)20(19)24(31)27-23/h1-8,11,16,25,30H,9-10H2,(H2,26,27,31). The molecule has 3 aliphatic rings. The number of aliphatic hydroxyl groups excluding tert-OH is 1. The molecule has 3 unspecified atom stereocenters. The van der Waals surface area contributed by atoms with Gasteiger partial charge in [0.25, 0.3) is 5.91 Å². The molecule has 8 rings (SSSR count). The van der Waals surface area contributed by atoms with Crippen molar-refractivity contribution in [1.29, 1.82) is 5.41 Å². The van der Waals surface area contributed by atoms with E-state index < -0.39 is 0 Å². The summed E-state index contributed by atoms with van der Waals surface area (Å²) < 4.78 is 11.0. The molecule has 0 saturated carbocycles. The minimum Gasteiger partial charge on any atom is -0.396 e. The normalized spacial score (nSPS) is 23.7. The fraction of sp³-hybridized carbons (Fsp3) is 0.200. The maximum atomic E-state index is 13.2. The maximum Gasteiger partial charge on any atom is 0.258 e. The van der Waals surface area contributed by atoms with Gasteiger partial charge < -0.3 is 24.3 Å². The molecule has 0 aliphatic carbocycles. The van der Waals surface area contributed by atoms with Crippen molar-refractivity contribution in [1.82, 2.24) is 14.5 Å². The molecule has 0 spiro atoms. The van der Waals surface area contributed by atoms with Crippen LogP contribution in [0.1, 0.15) is 34.8 Å². The lowest BCUT2D eigenvalue weighted by atomic mass is 9.96. The van der Waals surface area contributed by atoms with E-state index >= 15 is 0 Å². The van der Waals surface area contributed by atoms with E-state index in [0.717, 1.165) is 43.6 Å². The second-order valence-electron chi connectivity index (χ2n) is 8.96. The van der Waals surface area contributed by atoms with E-state index in [9.17, 15) is 9.90 Å². The van der Waals surface area contributed by atoms with Crippen molar-refractivity contribution in [3.63, 3.8) is 0 Å². The smallest absolute Gasteiger partial charge is 0.258 e. The first kappa shape index (κ1) is 16.9. The summed E-state index contributed by atoms with van der Waals surface area (Å²) >= 11 is 0. The topological polar surface area (TPSA) is 92.3 Å². The zero-order valence-electron chi connectivity index (χ0n) is 16.9. The van der Waals surface area contributed by atoms with E-state index in [4.69, 9.17) is 10.1 Å².